The molecule has 0 aromatic carbocycles. The fourth-order valence-electron chi connectivity index (χ4n) is 7.66. The van der Waals surface area contributed by atoms with Crippen LogP contribution in [0.2, 0.25) is 0 Å². The van der Waals surface area contributed by atoms with Crippen molar-refractivity contribution in [1.82, 2.24) is 0 Å². The Morgan fingerprint density at radius 3 is 1.62 bits per heavy atom. The van der Waals surface area contributed by atoms with Crippen molar-refractivity contribution in [2.24, 2.45) is 35.5 Å². The molecule has 0 aromatic heterocycles. The predicted octanol–water partition coefficient (Wildman–Crippen LogP) is 11.5. The molecule has 0 heteroatoms. The highest BCUT2D eigenvalue weighted by atomic mass is 14.4. The fraction of sp³-hybridized carbons (Fsp3) is 0.882. The zero-order valence-electron chi connectivity index (χ0n) is 23.2. The van der Waals surface area contributed by atoms with Gasteiger partial charge in [-0.05, 0) is 99.7 Å². The minimum Gasteiger partial charge on any atom is -0.103 e. The minimum atomic E-state index is 0.796. The summed E-state index contributed by atoms with van der Waals surface area (Å²) in [7, 11) is 0. The molecule has 3 saturated carbocycles. The van der Waals surface area contributed by atoms with E-state index in [-0.39, 0.29) is 0 Å². The molecule has 0 heterocycles. The van der Waals surface area contributed by atoms with E-state index in [1.165, 1.54) is 109 Å². The summed E-state index contributed by atoms with van der Waals surface area (Å²) >= 11 is 0. The highest BCUT2D eigenvalue weighted by Gasteiger charge is 2.30. The summed E-state index contributed by atoms with van der Waals surface area (Å²) in [5.41, 5.74) is 0. The van der Waals surface area contributed by atoms with Gasteiger partial charge in [0, 0.05) is 0 Å². The van der Waals surface area contributed by atoms with Crippen LogP contribution < -0.4 is 0 Å². The van der Waals surface area contributed by atoms with Crippen LogP contribution in [0.5, 0.6) is 0 Å². The van der Waals surface area contributed by atoms with Crippen LogP contribution in [0.1, 0.15) is 155 Å². The molecule has 0 saturated heterocycles. The first-order valence-electron chi connectivity index (χ1n) is 16.1. The van der Waals surface area contributed by atoms with Crippen molar-refractivity contribution in [2.45, 2.75) is 155 Å². The van der Waals surface area contributed by atoms with Gasteiger partial charge < -0.3 is 0 Å². The SMILES string of the molecule is C=C[C@H]1CC[C@H](/C=C/CCC2CCC([C@H]3CC[C@H](CCCCCCCCCC)CC3)CC2)CC1. The topological polar surface area (TPSA) is 0 Å². The van der Waals surface area contributed by atoms with E-state index in [1.54, 1.807) is 38.5 Å². The molecule has 0 unspecified atom stereocenters. The normalized spacial score (nSPS) is 32.7. The summed E-state index contributed by atoms with van der Waals surface area (Å²) in [5.74, 6) is 5.92. The number of unbranched alkanes of at least 4 members (excludes halogenated alkanes) is 7. The molecule has 0 aromatic rings. The smallest absolute Gasteiger partial charge is 0.0233 e. The van der Waals surface area contributed by atoms with Crippen LogP contribution in [0.25, 0.3) is 0 Å². The Bertz CT molecular complexity index is 520. The van der Waals surface area contributed by atoms with Crippen LogP contribution in [-0.4, -0.2) is 0 Å². The van der Waals surface area contributed by atoms with Crippen molar-refractivity contribution in [3.63, 3.8) is 0 Å². The van der Waals surface area contributed by atoms with Crippen LogP contribution in [0, 0.1) is 35.5 Å². The Kier molecular flexibility index (Phi) is 14.1. The first-order chi connectivity index (χ1) is 16.8. The Hall–Kier alpha value is -0.520. The molecule has 34 heavy (non-hydrogen) atoms. The van der Waals surface area contributed by atoms with Gasteiger partial charge in [0.15, 0.2) is 0 Å². The van der Waals surface area contributed by atoms with Crippen molar-refractivity contribution >= 4 is 0 Å². The van der Waals surface area contributed by atoms with Crippen molar-refractivity contribution in [1.29, 1.82) is 0 Å². The molecule has 0 N–H and O–H groups in total. The monoisotopic (exact) mass is 468 g/mol. The van der Waals surface area contributed by atoms with Crippen LogP contribution in [0.3, 0.4) is 0 Å². The van der Waals surface area contributed by atoms with E-state index in [0.717, 1.165) is 35.5 Å². The Morgan fingerprint density at radius 2 is 1.06 bits per heavy atom. The zero-order valence-corrected chi connectivity index (χ0v) is 23.2. The second-order valence-electron chi connectivity index (χ2n) is 12.7. The molecule has 3 fully saturated rings. The maximum absolute atomic E-state index is 3.98. The number of hydrogen-bond donors (Lipinski definition) is 0. The molecular weight excluding hydrogens is 408 g/mol. The van der Waals surface area contributed by atoms with Crippen LogP contribution in [0.4, 0.5) is 0 Å². The Balaban J connectivity index is 1.17. The number of allylic oxidation sites excluding steroid dienone is 3. The van der Waals surface area contributed by atoms with E-state index >= 15 is 0 Å². The summed E-state index contributed by atoms with van der Waals surface area (Å²) < 4.78 is 0. The maximum Gasteiger partial charge on any atom is -0.0233 e. The van der Waals surface area contributed by atoms with E-state index in [2.05, 4.69) is 31.7 Å². The van der Waals surface area contributed by atoms with Crippen molar-refractivity contribution in [2.75, 3.05) is 0 Å². The van der Waals surface area contributed by atoms with Gasteiger partial charge in [-0.25, -0.2) is 0 Å². The fourth-order valence-corrected chi connectivity index (χ4v) is 7.66. The Morgan fingerprint density at radius 1 is 0.559 bits per heavy atom. The maximum atomic E-state index is 3.98. The molecule has 3 rings (SSSR count). The summed E-state index contributed by atoms with van der Waals surface area (Å²) in [6.07, 6.45) is 41.3. The predicted molar refractivity (Wildman–Crippen MR) is 152 cm³/mol. The molecule has 0 nitrogen and oxygen atoms in total. The van der Waals surface area contributed by atoms with E-state index < -0.39 is 0 Å². The van der Waals surface area contributed by atoms with E-state index in [4.69, 9.17) is 0 Å². The number of hydrogen-bond acceptors (Lipinski definition) is 0. The highest BCUT2D eigenvalue weighted by Crippen LogP contribution is 2.43. The van der Waals surface area contributed by atoms with Gasteiger partial charge in [-0.3, -0.25) is 0 Å². The van der Waals surface area contributed by atoms with E-state index in [9.17, 15) is 0 Å². The Labute approximate surface area is 214 Å². The molecular formula is C34H60. The van der Waals surface area contributed by atoms with Gasteiger partial charge in [0.1, 0.15) is 0 Å². The lowest BCUT2D eigenvalue weighted by molar-refractivity contribution is 0.140. The summed E-state index contributed by atoms with van der Waals surface area (Å²) in [5, 5.41) is 0. The largest absolute Gasteiger partial charge is 0.103 e. The molecule has 0 atom stereocenters. The molecule has 0 amide bonds. The van der Waals surface area contributed by atoms with Crippen LogP contribution in [-0.2, 0) is 0 Å². The summed E-state index contributed by atoms with van der Waals surface area (Å²) in [6, 6.07) is 0. The molecule has 0 aliphatic heterocycles. The molecule has 0 radical (unpaired) electrons. The third-order valence-corrected chi connectivity index (χ3v) is 10.2. The lowest BCUT2D eigenvalue weighted by atomic mass is 9.68. The third kappa shape index (κ3) is 10.6. The van der Waals surface area contributed by atoms with Gasteiger partial charge >= 0.3 is 0 Å². The summed E-state index contributed by atoms with van der Waals surface area (Å²) in [6.45, 7) is 6.30. The minimum absolute atomic E-state index is 0.796. The molecule has 3 aliphatic rings. The van der Waals surface area contributed by atoms with Crippen molar-refractivity contribution in [3.8, 4) is 0 Å². The standard InChI is InChI=1S/C34H60/c1-3-5-6-7-8-9-10-11-14-31-21-25-33(26-22-31)34-27-23-32(24-28-34)16-13-12-15-30-19-17-29(4-2)18-20-30/h4,12,15,29-34H,2-3,5-11,13-14,16-28H2,1H3/b15-12+/t29-,30-,31-,32?,33-,34?. The number of rotatable bonds is 15. The second kappa shape index (κ2) is 17.0. The highest BCUT2D eigenvalue weighted by molar-refractivity contribution is 4.94. The lowest BCUT2D eigenvalue weighted by Crippen LogP contribution is -2.25. The molecule has 0 bridgehead atoms. The van der Waals surface area contributed by atoms with Gasteiger partial charge in [-0.15, -0.1) is 6.58 Å². The van der Waals surface area contributed by atoms with Gasteiger partial charge in [0.2, 0.25) is 0 Å². The third-order valence-electron chi connectivity index (χ3n) is 10.2. The first-order valence-corrected chi connectivity index (χ1v) is 16.1. The van der Waals surface area contributed by atoms with Gasteiger partial charge in [0.05, 0.1) is 0 Å². The average Bonchev–Trinajstić information content (AvgIpc) is 2.89. The average molecular weight is 469 g/mol. The molecule has 3 aliphatic carbocycles. The van der Waals surface area contributed by atoms with E-state index in [1.807, 2.05) is 0 Å². The van der Waals surface area contributed by atoms with Crippen molar-refractivity contribution < 1.29 is 0 Å². The van der Waals surface area contributed by atoms with Crippen LogP contribution >= 0.6 is 0 Å². The zero-order chi connectivity index (χ0) is 23.8. The van der Waals surface area contributed by atoms with Gasteiger partial charge in [0.25, 0.3) is 0 Å². The first kappa shape index (κ1) is 28.1. The van der Waals surface area contributed by atoms with E-state index in [0.29, 0.717) is 0 Å². The molecule has 0 spiro atoms. The van der Waals surface area contributed by atoms with Crippen molar-refractivity contribution in [3.05, 3.63) is 24.8 Å². The molecule has 196 valence electrons. The lowest BCUT2D eigenvalue weighted by Gasteiger charge is -2.38. The second-order valence-corrected chi connectivity index (χ2v) is 12.7. The summed E-state index contributed by atoms with van der Waals surface area (Å²) in [4.78, 5) is 0. The van der Waals surface area contributed by atoms with Crippen LogP contribution in [0.15, 0.2) is 24.8 Å². The van der Waals surface area contributed by atoms with Gasteiger partial charge in [-0.1, -0.05) is 109 Å². The van der Waals surface area contributed by atoms with Gasteiger partial charge in [-0.2, -0.15) is 0 Å². The quantitative estimate of drug-likeness (QED) is 0.165.